The van der Waals surface area contributed by atoms with Gasteiger partial charge in [-0.15, -0.1) is 0 Å². The van der Waals surface area contributed by atoms with E-state index in [4.69, 9.17) is 9.47 Å². The quantitative estimate of drug-likeness (QED) is 0.462. The number of benzene rings is 1. The zero-order valence-corrected chi connectivity index (χ0v) is 13.5. The molecule has 8 nitrogen and oxygen atoms in total. The van der Waals surface area contributed by atoms with Gasteiger partial charge in [0.1, 0.15) is 0 Å². The van der Waals surface area contributed by atoms with Crippen LogP contribution in [0.1, 0.15) is 12.5 Å². The number of carbonyl (C=O) groups excluding carboxylic acids is 2. The molecular formula is C14H14N2O6S. The lowest BCUT2D eigenvalue weighted by Gasteiger charge is -2.09. The van der Waals surface area contributed by atoms with Gasteiger partial charge in [0.2, 0.25) is 0 Å². The Bertz CT molecular complexity index is 715. The monoisotopic (exact) mass is 338 g/mol. The second-order valence-electron chi connectivity index (χ2n) is 4.45. The van der Waals surface area contributed by atoms with Gasteiger partial charge in [-0.1, -0.05) is 0 Å². The van der Waals surface area contributed by atoms with Crippen molar-refractivity contribution in [1.29, 1.82) is 0 Å². The van der Waals surface area contributed by atoms with Crippen molar-refractivity contribution >= 4 is 34.7 Å². The van der Waals surface area contributed by atoms with E-state index in [0.717, 1.165) is 16.7 Å². The summed E-state index contributed by atoms with van der Waals surface area (Å²) in [6, 6.07) is 2.62. The van der Waals surface area contributed by atoms with Crippen LogP contribution in [0, 0.1) is 10.1 Å². The molecule has 2 rings (SSSR count). The number of hydrogen-bond donors (Lipinski definition) is 0. The first-order valence-corrected chi connectivity index (χ1v) is 7.40. The van der Waals surface area contributed by atoms with Crippen molar-refractivity contribution in [2.45, 2.75) is 6.92 Å². The molecule has 1 fully saturated rings. The number of likely N-dealkylation sites (N-methyl/N-ethyl adjacent to an activating group) is 1. The van der Waals surface area contributed by atoms with Gasteiger partial charge in [0.25, 0.3) is 16.8 Å². The largest absolute Gasteiger partial charge is 0.493 e. The highest BCUT2D eigenvalue weighted by Crippen LogP contribution is 2.38. The molecule has 0 unspecified atom stereocenters. The van der Waals surface area contributed by atoms with Gasteiger partial charge in [-0.25, -0.2) is 0 Å². The molecule has 0 aromatic heterocycles. The van der Waals surface area contributed by atoms with E-state index in [1.54, 1.807) is 6.92 Å². The normalized spacial score (nSPS) is 16.1. The first-order chi connectivity index (χ1) is 10.9. The molecule has 9 heteroatoms. The van der Waals surface area contributed by atoms with Crippen molar-refractivity contribution in [3.63, 3.8) is 0 Å². The van der Waals surface area contributed by atoms with Gasteiger partial charge in [0, 0.05) is 6.54 Å². The molecule has 1 saturated heterocycles. The van der Waals surface area contributed by atoms with E-state index in [-0.39, 0.29) is 28.5 Å². The third-order valence-electron chi connectivity index (χ3n) is 3.21. The Balaban J connectivity index is 2.55. The van der Waals surface area contributed by atoms with Crippen molar-refractivity contribution in [2.24, 2.45) is 0 Å². The van der Waals surface area contributed by atoms with Crippen molar-refractivity contribution < 1.29 is 24.0 Å². The number of hydrogen-bond acceptors (Lipinski definition) is 7. The lowest BCUT2D eigenvalue weighted by Crippen LogP contribution is -2.27. The molecule has 1 heterocycles. The zero-order chi connectivity index (χ0) is 17.1. The van der Waals surface area contributed by atoms with Crippen LogP contribution in [0.15, 0.2) is 17.0 Å². The second-order valence-corrected chi connectivity index (χ2v) is 5.44. The predicted molar refractivity (Wildman–Crippen MR) is 84.6 cm³/mol. The summed E-state index contributed by atoms with van der Waals surface area (Å²) in [5, 5.41) is 10.8. The van der Waals surface area contributed by atoms with Gasteiger partial charge in [-0.3, -0.25) is 24.6 Å². The van der Waals surface area contributed by atoms with Gasteiger partial charge in [0.05, 0.1) is 35.7 Å². The highest BCUT2D eigenvalue weighted by atomic mass is 32.2. The average Bonchev–Trinajstić information content (AvgIpc) is 2.79. The molecule has 0 atom stereocenters. The molecule has 0 N–H and O–H groups in total. The number of imide groups is 1. The van der Waals surface area contributed by atoms with Crippen LogP contribution in [0.3, 0.4) is 0 Å². The topological polar surface area (TPSA) is 99.0 Å². The molecule has 0 spiro atoms. The third kappa shape index (κ3) is 3.14. The van der Waals surface area contributed by atoms with Crippen LogP contribution in [0.2, 0.25) is 0 Å². The first-order valence-electron chi connectivity index (χ1n) is 6.58. The molecule has 0 aliphatic carbocycles. The summed E-state index contributed by atoms with van der Waals surface area (Å²) in [5.74, 6) is 0.0312. The molecule has 23 heavy (non-hydrogen) atoms. The fourth-order valence-electron chi connectivity index (χ4n) is 2.07. The number of thioether (sulfide) groups is 1. The number of methoxy groups -OCH3 is 2. The number of nitrogens with zero attached hydrogens (tertiary/aromatic N) is 2. The van der Waals surface area contributed by atoms with Crippen LogP contribution >= 0.6 is 11.8 Å². The highest BCUT2D eigenvalue weighted by molar-refractivity contribution is 8.18. The Morgan fingerprint density at radius 3 is 2.35 bits per heavy atom. The van der Waals surface area contributed by atoms with E-state index in [1.165, 1.54) is 32.4 Å². The van der Waals surface area contributed by atoms with Crippen LogP contribution in [-0.2, 0) is 4.79 Å². The van der Waals surface area contributed by atoms with E-state index >= 15 is 0 Å². The van der Waals surface area contributed by atoms with Crippen LogP contribution in [0.25, 0.3) is 6.08 Å². The van der Waals surface area contributed by atoms with Crippen LogP contribution in [0.4, 0.5) is 10.5 Å². The third-order valence-corrected chi connectivity index (χ3v) is 4.11. The van der Waals surface area contributed by atoms with E-state index in [0.29, 0.717) is 5.75 Å². The maximum absolute atomic E-state index is 12.1. The van der Waals surface area contributed by atoms with Crippen LogP contribution in [0.5, 0.6) is 11.5 Å². The van der Waals surface area contributed by atoms with E-state index < -0.39 is 16.1 Å². The molecule has 1 aromatic carbocycles. The Labute approximate surface area is 136 Å². The van der Waals surface area contributed by atoms with E-state index in [2.05, 4.69) is 0 Å². The summed E-state index contributed by atoms with van der Waals surface area (Å²) >= 11 is 0.749. The van der Waals surface area contributed by atoms with Crippen LogP contribution in [-0.4, -0.2) is 41.7 Å². The molecule has 0 saturated carbocycles. The summed E-state index contributed by atoms with van der Waals surface area (Å²) in [7, 11) is 2.77. The van der Waals surface area contributed by atoms with Crippen molar-refractivity contribution in [3.05, 3.63) is 32.7 Å². The van der Waals surface area contributed by atoms with Gasteiger partial charge in [0.15, 0.2) is 11.5 Å². The minimum Gasteiger partial charge on any atom is -0.493 e. The van der Waals surface area contributed by atoms with Gasteiger partial charge < -0.3 is 9.47 Å². The number of rotatable bonds is 5. The fourth-order valence-corrected chi connectivity index (χ4v) is 2.97. The lowest BCUT2D eigenvalue weighted by atomic mass is 10.1. The Morgan fingerprint density at radius 2 is 1.87 bits per heavy atom. The maximum atomic E-state index is 12.1. The smallest absolute Gasteiger partial charge is 0.293 e. The summed E-state index contributed by atoms with van der Waals surface area (Å²) < 4.78 is 10.2. The van der Waals surface area contributed by atoms with Gasteiger partial charge in [-0.05, 0) is 30.8 Å². The predicted octanol–water partition coefficient (Wildman–Crippen LogP) is 2.67. The van der Waals surface area contributed by atoms with Crippen LogP contribution < -0.4 is 9.47 Å². The highest BCUT2D eigenvalue weighted by Gasteiger charge is 2.34. The van der Waals surface area contributed by atoms with Crippen molar-refractivity contribution in [3.8, 4) is 11.5 Å². The van der Waals surface area contributed by atoms with Crippen molar-refractivity contribution in [1.82, 2.24) is 4.90 Å². The standard InChI is InChI=1S/C14H14N2O6S/c1-4-15-13(17)12(23-14(15)18)6-8-5-10(21-2)11(22-3)7-9(8)16(19)20/h5-7H,4H2,1-3H3. The maximum Gasteiger partial charge on any atom is 0.293 e. The first kappa shape index (κ1) is 16.8. The van der Waals surface area contributed by atoms with E-state index in [1.807, 2.05) is 0 Å². The molecule has 1 aliphatic rings. The molecule has 1 aromatic rings. The fraction of sp³-hybridized carbons (Fsp3) is 0.286. The summed E-state index contributed by atoms with van der Waals surface area (Å²) in [6.07, 6.45) is 1.32. The number of carbonyl (C=O) groups is 2. The Morgan fingerprint density at radius 1 is 1.26 bits per heavy atom. The molecule has 1 aliphatic heterocycles. The second kappa shape index (κ2) is 6.69. The number of nitro groups is 1. The molecule has 2 amide bonds. The molecule has 0 radical (unpaired) electrons. The number of ether oxygens (including phenoxy) is 2. The minimum absolute atomic E-state index is 0.132. The minimum atomic E-state index is -0.585. The van der Waals surface area contributed by atoms with E-state index in [9.17, 15) is 19.7 Å². The van der Waals surface area contributed by atoms with Gasteiger partial charge >= 0.3 is 0 Å². The molecule has 122 valence electrons. The van der Waals surface area contributed by atoms with Gasteiger partial charge in [-0.2, -0.15) is 0 Å². The summed E-state index contributed by atoms with van der Waals surface area (Å²) in [5.41, 5.74) is -0.0831. The molecular weight excluding hydrogens is 324 g/mol. The Kier molecular flexibility index (Phi) is 4.89. The average molecular weight is 338 g/mol. The molecule has 0 bridgehead atoms. The Hall–Kier alpha value is -2.55. The van der Waals surface area contributed by atoms with Crippen molar-refractivity contribution in [2.75, 3.05) is 20.8 Å². The lowest BCUT2D eigenvalue weighted by molar-refractivity contribution is -0.385. The summed E-state index contributed by atoms with van der Waals surface area (Å²) in [4.78, 5) is 35.7. The number of amides is 2. The number of nitro benzene ring substituents is 1. The SMILES string of the molecule is CCN1C(=O)SC(=Cc2cc(OC)c(OC)cc2[N+](=O)[O-])C1=O. The zero-order valence-electron chi connectivity index (χ0n) is 12.7. The summed E-state index contributed by atoms with van der Waals surface area (Å²) in [6.45, 7) is 1.92.